The first kappa shape index (κ1) is 19.2. The Kier molecular flexibility index (Phi) is 6.53. The summed E-state index contributed by atoms with van der Waals surface area (Å²) in [6.45, 7) is 5.63. The van der Waals surface area contributed by atoms with Crippen molar-refractivity contribution in [3.8, 4) is 0 Å². The molecule has 2 heterocycles. The molecule has 2 saturated heterocycles. The quantitative estimate of drug-likeness (QED) is 0.824. The number of anilines is 1. The number of hydrogen-bond donors (Lipinski definition) is 2. The predicted molar refractivity (Wildman–Crippen MR) is 103 cm³/mol. The van der Waals surface area contributed by atoms with E-state index in [0.29, 0.717) is 17.5 Å². The maximum atomic E-state index is 12.9. The molecule has 3 rings (SSSR count). The second-order valence-electron chi connectivity index (χ2n) is 7.09. The van der Waals surface area contributed by atoms with Gasteiger partial charge >= 0.3 is 0 Å². The Morgan fingerprint density at radius 2 is 1.85 bits per heavy atom. The highest BCUT2D eigenvalue weighted by Crippen LogP contribution is 2.28. The minimum Gasteiger partial charge on any atom is -0.342 e. The fourth-order valence-corrected chi connectivity index (χ4v) is 4.46. The molecule has 2 N–H and O–H groups in total. The minimum atomic E-state index is -0.339. The van der Waals surface area contributed by atoms with Crippen molar-refractivity contribution in [2.45, 2.75) is 25.0 Å². The summed E-state index contributed by atoms with van der Waals surface area (Å²) in [5.74, 6) is 1.19. The molecule has 1 unspecified atom stereocenters. The monoisotopic (exact) mass is 379 g/mol. The number of carbonyl (C=O) groups is 2. The number of halogens is 1. The van der Waals surface area contributed by atoms with E-state index in [1.54, 1.807) is 0 Å². The van der Waals surface area contributed by atoms with Gasteiger partial charge in [0.05, 0.1) is 11.0 Å². The second-order valence-corrected chi connectivity index (χ2v) is 8.42. The van der Waals surface area contributed by atoms with Gasteiger partial charge in [0.15, 0.2) is 0 Å². The highest BCUT2D eigenvalue weighted by atomic mass is 32.2. The van der Waals surface area contributed by atoms with Crippen LogP contribution in [0.1, 0.15) is 19.8 Å². The second kappa shape index (κ2) is 8.86. The number of hydrogen-bond acceptors (Lipinski definition) is 4. The molecule has 2 amide bonds. The Balaban J connectivity index is 1.43. The molecule has 5 nitrogen and oxygen atoms in total. The van der Waals surface area contributed by atoms with Gasteiger partial charge in [-0.1, -0.05) is 0 Å². The van der Waals surface area contributed by atoms with Crippen molar-refractivity contribution in [3.05, 3.63) is 30.1 Å². The number of likely N-dealkylation sites (tertiary alicyclic amines) is 1. The van der Waals surface area contributed by atoms with Crippen molar-refractivity contribution < 1.29 is 14.0 Å². The summed E-state index contributed by atoms with van der Waals surface area (Å²) in [5, 5.41) is 5.92. The first-order valence-corrected chi connectivity index (χ1v) is 10.2. The van der Waals surface area contributed by atoms with E-state index in [0.717, 1.165) is 39.0 Å². The van der Waals surface area contributed by atoms with Gasteiger partial charge < -0.3 is 15.5 Å². The van der Waals surface area contributed by atoms with Crippen LogP contribution in [0, 0.1) is 17.7 Å². The maximum absolute atomic E-state index is 12.9. The smallest absolute Gasteiger partial charge is 0.235 e. The lowest BCUT2D eigenvalue weighted by molar-refractivity contribution is -0.130. The molecule has 7 heteroatoms. The Labute approximate surface area is 158 Å². The van der Waals surface area contributed by atoms with Gasteiger partial charge in [0, 0.05) is 18.8 Å². The number of thioether (sulfide) groups is 1. The first-order chi connectivity index (χ1) is 12.5. The number of carbonyl (C=O) groups excluding carboxylic acids is 2. The summed E-state index contributed by atoms with van der Waals surface area (Å²) < 4.78 is 12.9. The van der Waals surface area contributed by atoms with Crippen molar-refractivity contribution in [3.63, 3.8) is 0 Å². The lowest BCUT2D eigenvalue weighted by Gasteiger charge is -2.24. The summed E-state index contributed by atoms with van der Waals surface area (Å²) in [5.41, 5.74) is 0.559. The molecule has 2 aliphatic rings. The normalized spacial score (nSPS) is 23.8. The molecule has 1 aromatic rings. The number of rotatable bonds is 5. The Morgan fingerprint density at radius 1 is 1.23 bits per heavy atom. The topological polar surface area (TPSA) is 61.4 Å². The molecule has 2 fully saturated rings. The molecule has 0 spiro atoms. The fraction of sp³-hybridized carbons (Fsp3) is 0.579. The third-order valence-corrected chi connectivity index (χ3v) is 6.40. The largest absolute Gasteiger partial charge is 0.342 e. The zero-order valence-corrected chi connectivity index (χ0v) is 15.9. The van der Waals surface area contributed by atoms with Crippen LogP contribution in [0.3, 0.4) is 0 Å². The third kappa shape index (κ3) is 4.98. The van der Waals surface area contributed by atoms with Crippen LogP contribution in [0.25, 0.3) is 0 Å². The van der Waals surface area contributed by atoms with Gasteiger partial charge in [-0.2, -0.15) is 0 Å². The van der Waals surface area contributed by atoms with Crippen molar-refractivity contribution in [2.24, 2.45) is 11.8 Å². The van der Waals surface area contributed by atoms with Gasteiger partial charge in [-0.25, -0.2) is 4.39 Å². The van der Waals surface area contributed by atoms with Gasteiger partial charge in [-0.15, -0.1) is 11.8 Å². The highest BCUT2D eigenvalue weighted by Gasteiger charge is 2.32. The summed E-state index contributed by atoms with van der Waals surface area (Å²) in [6.07, 6.45) is 2.12. The Bertz CT molecular complexity index is 626. The van der Waals surface area contributed by atoms with Gasteiger partial charge in [0.1, 0.15) is 5.82 Å². The molecule has 1 aromatic carbocycles. The Morgan fingerprint density at radius 3 is 2.46 bits per heavy atom. The molecule has 0 aromatic heterocycles. The summed E-state index contributed by atoms with van der Waals surface area (Å²) in [6, 6.07) is 5.66. The average Bonchev–Trinajstić information content (AvgIpc) is 2.99. The van der Waals surface area contributed by atoms with E-state index >= 15 is 0 Å². The first-order valence-electron chi connectivity index (χ1n) is 9.19. The lowest BCUT2D eigenvalue weighted by Crippen LogP contribution is -2.38. The number of fused-ring (bicyclic) bond motifs is 1. The molecule has 0 aliphatic carbocycles. The van der Waals surface area contributed by atoms with Crippen LogP contribution in [-0.2, 0) is 9.59 Å². The third-order valence-electron chi connectivity index (χ3n) is 5.27. The van der Waals surface area contributed by atoms with Gasteiger partial charge in [0.25, 0.3) is 0 Å². The van der Waals surface area contributed by atoms with E-state index in [9.17, 15) is 14.0 Å². The van der Waals surface area contributed by atoms with Crippen LogP contribution in [-0.4, -0.2) is 53.9 Å². The van der Waals surface area contributed by atoms with Crippen molar-refractivity contribution in [1.82, 2.24) is 10.2 Å². The van der Waals surface area contributed by atoms with Crippen LogP contribution in [0.2, 0.25) is 0 Å². The zero-order valence-electron chi connectivity index (χ0n) is 15.0. The molecular weight excluding hydrogens is 353 g/mol. The maximum Gasteiger partial charge on any atom is 0.235 e. The average molecular weight is 380 g/mol. The fourth-order valence-electron chi connectivity index (χ4n) is 3.70. The van der Waals surface area contributed by atoms with Crippen LogP contribution in [0.5, 0.6) is 0 Å². The van der Waals surface area contributed by atoms with E-state index in [-0.39, 0.29) is 28.6 Å². The van der Waals surface area contributed by atoms with E-state index < -0.39 is 0 Å². The van der Waals surface area contributed by atoms with Gasteiger partial charge in [-0.05, 0) is 69.0 Å². The molecule has 0 bridgehead atoms. The molecule has 0 saturated carbocycles. The van der Waals surface area contributed by atoms with Crippen molar-refractivity contribution in [1.29, 1.82) is 0 Å². The summed E-state index contributed by atoms with van der Waals surface area (Å²) in [4.78, 5) is 26.7. The standard InChI is InChI=1S/C19H26FN3O2S/c1-13(26-12-18(24)22-17-4-2-16(20)3-5-17)19(25)23-8-6-14-10-21-11-15(14)7-9-23/h2-5,13-15,21H,6-12H2,1H3,(H,22,24)/t13?,14-,15+. The minimum absolute atomic E-state index is 0.123. The zero-order chi connectivity index (χ0) is 18.5. The number of nitrogens with one attached hydrogen (secondary N) is 2. The summed E-state index contributed by atoms with van der Waals surface area (Å²) >= 11 is 1.35. The van der Waals surface area contributed by atoms with E-state index in [1.165, 1.54) is 36.0 Å². The van der Waals surface area contributed by atoms with Crippen molar-refractivity contribution >= 4 is 29.3 Å². The van der Waals surface area contributed by atoms with Crippen LogP contribution >= 0.6 is 11.8 Å². The highest BCUT2D eigenvalue weighted by molar-refractivity contribution is 8.01. The SMILES string of the molecule is CC(SCC(=O)Nc1ccc(F)cc1)C(=O)N1CC[C@@H]2CNC[C@@H]2CC1. The van der Waals surface area contributed by atoms with E-state index in [4.69, 9.17) is 0 Å². The number of benzene rings is 1. The van der Waals surface area contributed by atoms with Crippen LogP contribution in [0.15, 0.2) is 24.3 Å². The molecule has 142 valence electrons. The number of nitrogens with zero attached hydrogens (tertiary/aromatic N) is 1. The summed E-state index contributed by atoms with van der Waals surface area (Å²) in [7, 11) is 0. The molecule has 0 radical (unpaired) electrons. The predicted octanol–water partition coefficient (Wildman–Crippen LogP) is 2.34. The molecule has 26 heavy (non-hydrogen) atoms. The van der Waals surface area contributed by atoms with Gasteiger partial charge in [-0.3, -0.25) is 9.59 Å². The lowest BCUT2D eigenvalue weighted by atomic mass is 9.92. The molecular formula is C19H26FN3O2S. The van der Waals surface area contributed by atoms with E-state index in [2.05, 4.69) is 10.6 Å². The van der Waals surface area contributed by atoms with Crippen LogP contribution in [0.4, 0.5) is 10.1 Å². The number of amides is 2. The van der Waals surface area contributed by atoms with E-state index in [1.807, 2.05) is 11.8 Å². The Hall–Kier alpha value is -1.60. The van der Waals surface area contributed by atoms with Crippen molar-refractivity contribution in [2.75, 3.05) is 37.2 Å². The van der Waals surface area contributed by atoms with Crippen LogP contribution < -0.4 is 10.6 Å². The molecule has 3 atom stereocenters. The van der Waals surface area contributed by atoms with Gasteiger partial charge in [0.2, 0.25) is 11.8 Å². The molecule has 2 aliphatic heterocycles.